The summed E-state index contributed by atoms with van der Waals surface area (Å²) in [6.07, 6.45) is 4.35. The van der Waals surface area contributed by atoms with Crippen molar-refractivity contribution >= 4 is 0 Å². The van der Waals surface area contributed by atoms with Crippen molar-refractivity contribution in [2.24, 2.45) is 5.73 Å². The largest absolute Gasteiger partial charge is 0.481 e. The molecular weight excluding hydrogens is 200 g/mol. The summed E-state index contributed by atoms with van der Waals surface area (Å²) in [7, 11) is 1.69. The molecular formula is C13H20N2O. The highest BCUT2D eigenvalue weighted by Crippen LogP contribution is 2.43. The van der Waals surface area contributed by atoms with Crippen molar-refractivity contribution < 1.29 is 4.74 Å². The molecule has 1 aliphatic rings. The smallest absolute Gasteiger partial charge is 0.216 e. The second-order valence-electron chi connectivity index (χ2n) is 4.55. The summed E-state index contributed by atoms with van der Waals surface area (Å²) in [6, 6.07) is 4.44. The topological polar surface area (TPSA) is 48.1 Å². The third kappa shape index (κ3) is 2.53. The predicted molar refractivity (Wildman–Crippen MR) is 64.7 cm³/mol. The van der Waals surface area contributed by atoms with E-state index in [9.17, 15) is 0 Å². The highest BCUT2D eigenvalue weighted by molar-refractivity contribution is 5.34. The van der Waals surface area contributed by atoms with E-state index in [0.29, 0.717) is 5.92 Å². The van der Waals surface area contributed by atoms with E-state index in [1.165, 1.54) is 18.4 Å². The van der Waals surface area contributed by atoms with Crippen molar-refractivity contribution in [1.29, 1.82) is 0 Å². The molecule has 0 bridgehead atoms. The lowest BCUT2D eigenvalue weighted by Crippen LogP contribution is -2.22. The minimum Gasteiger partial charge on any atom is -0.481 e. The van der Waals surface area contributed by atoms with E-state index in [0.717, 1.165) is 24.4 Å². The predicted octanol–water partition coefficient (Wildman–Crippen LogP) is 2.25. The summed E-state index contributed by atoms with van der Waals surface area (Å²) < 4.78 is 5.35. The minimum atomic E-state index is 0.198. The Bertz CT molecular complexity index is 361. The van der Waals surface area contributed by atoms with Crippen LogP contribution in [0.25, 0.3) is 0 Å². The van der Waals surface area contributed by atoms with Gasteiger partial charge in [-0.25, -0.2) is 4.98 Å². The lowest BCUT2D eigenvalue weighted by molar-refractivity contribution is 0.390. The van der Waals surface area contributed by atoms with Gasteiger partial charge in [0.05, 0.1) is 7.11 Å². The zero-order valence-electron chi connectivity index (χ0n) is 10.1. The zero-order valence-corrected chi connectivity index (χ0v) is 10.1. The Kier molecular flexibility index (Phi) is 3.44. The van der Waals surface area contributed by atoms with E-state index in [1.807, 2.05) is 0 Å². The van der Waals surface area contributed by atoms with Crippen molar-refractivity contribution in [2.45, 2.75) is 44.6 Å². The van der Waals surface area contributed by atoms with Crippen molar-refractivity contribution in [3.8, 4) is 5.88 Å². The number of ether oxygens (including phenoxy) is 1. The maximum atomic E-state index is 5.93. The van der Waals surface area contributed by atoms with Gasteiger partial charge in [-0.2, -0.15) is 0 Å². The summed E-state index contributed by atoms with van der Waals surface area (Å²) in [5, 5.41) is 0. The number of methoxy groups -OCH3 is 1. The third-order valence-corrected chi connectivity index (χ3v) is 3.15. The van der Waals surface area contributed by atoms with Crippen molar-refractivity contribution in [3.05, 3.63) is 23.4 Å². The van der Waals surface area contributed by atoms with Crippen LogP contribution < -0.4 is 10.5 Å². The Labute approximate surface area is 97.0 Å². The molecule has 88 valence electrons. The number of hydrogen-bond donors (Lipinski definition) is 1. The fourth-order valence-electron chi connectivity index (χ4n) is 1.88. The highest BCUT2D eigenvalue weighted by atomic mass is 16.5. The molecule has 16 heavy (non-hydrogen) atoms. The fourth-order valence-corrected chi connectivity index (χ4v) is 1.88. The van der Waals surface area contributed by atoms with Crippen LogP contribution >= 0.6 is 0 Å². The summed E-state index contributed by atoms with van der Waals surface area (Å²) in [5.41, 5.74) is 8.22. The zero-order chi connectivity index (χ0) is 11.5. The van der Waals surface area contributed by atoms with Crippen molar-refractivity contribution in [1.82, 2.24) is 4.98 Å². The minimum absolute atomic E-state index is 0.198. The van der Waals surface area contributed by atoms with Crippen LogP contribution in [0.5, 0.6) is 5.88 Å². The van der Waals surface area contributed by atoms with Gasteiger partial charge in [0, 0.05) is 23.7 Å². The maximum absolute atomic E-state index is 5.93. The van der Waals surface area contributed by atoms with Crippen LogP contribution in [0.1, 0.15) is 43.4 Å². The van der Waals surface area contributed by atoms with Gasteiger partial charge in [0.15, 0.2) is 0 Å². The van der Waals surface area contributed by atoms with E-state index >= 15 is 0 Å². The summed E-state index contributed by atoms with van der Waals surface area (Å²) in [5.74, 6) is 1.47. The Morgan fingerprint density at radius 2 is 2.25 bits per heavy atom. The van der Waals surface area contributed by atoms with E-state index in [-0.39, 0.29) is 6.04 Å². The number of rotatable bonds is 5. The number of nitrogens with two attached hydrogens (primary N) is 1. The standard InChI is InChI=1S/C13H20N2O/c1-3-10(14)8-11-6-7-12(9-4-5-9)13(15-11)16-2/h6-7,9-10H,3-5,8,14H2,1-2H3. The van der Waals surface area contributed by atoms with Gasteiger partial charge in [0.25, 0.3) is 0 Å². The molecule has 3 heteroatoms. The van der Waals surface area contributed by atoms with E-state index in [1.54, 1.807) is 7.11 Å². The van der Waals surface area contributed by atoms with Crippen LogP contribution in [-0.4, -0.2) is 18.1 Å². The molecule has 1 fully saturated rings. The molecule has 1 aromatic rings. The van der Waals surface area contributed by atoms with Crippen LogP contribution in [0.2, 0.25) is 0 Å². The molecule has 0 aliphatic heterocycles. The average molecular weight is 220 g/mol. The van der Waals surface area contributed by atoms with E-state index in [2.05, 4.69) is 24.0 Å². The molecule has 1 saturated carbocycles. The third-order valence-electron chi connectivity index (χ3n) is 3.15. The SMILES string of the molecule is CCC(N)Cc1ccc(C2CC2)c(OC)n1. The lowest BCUT2D eigenvalue weighted by atomic mass is 10.1. The molecule has 0 aromatic carbocycles. The van der Waals surface area contributed by atoms with Gasteiger partial charge in [-0.05, 0) is 31.2 Å². The molecule has 0 spiro atoms. The molecule has 0 saturated heterocycles. The first-order chi connectivity index (χ1) is 7.74. The first-order valence-electron chi connectivity index (χ1n) is 6.04. The molecule has 1 aliphatic carbocycles. The van der Waals surface area contributed by atoms with Gasteiger partial charge >= 0.3 is 0 Å². The lowest BCUT2D eigenvalue weighted by Gasteiger charge is -2.11. The molecule has 1 aromatic heterocycles. The second-order valence-corrected chi connectivity index (χ2v) is 4.55. The average Bonchev–Trinajstić information content (AvgIpc) is 3.12. The van der Waals surface area contributed by atoms with Gasteiger partial charge in [-0.3, -0.25) is 0 Å². The second kappa shape index (κ2) is 4.83. The van der Waals surface area contributed by atoms with Crippen LogP contribution in [0.15, 0.2) is 12.1 Å². The Balaban J connectivity index is 2.15. The van der Waals surface area contributed by atoms with Crippen LogP contribution in [-0.2, 0) is 6.42 Å². The molecule has 2 N–H and O–H groups in total. The maximum Gasteiger partial charge on any atom is 0.216 e. The molecule has 1 atom stereocenters. The monoisotopic (exact) mass is 220 g/mol. The molecule has 0 amide bonds. The van der Waals surface area contributed by atoms with Crippen LogP contribution in [0, 0.1) is 0 Å². The van der Waals surface area contributed by atoms with E-state index < -0.39 is 0 Å². The quantitative estimate of drug-likeness (QED) is 0.828. The number of nitrogens with zero attached hydrogens (tertiary/aromatic N) is 1. The summed E-state index contributed by atoms with van der Waals surface area (Å²) in [6.45, 7) is 2.10. The first kappa shape index (κ1) is 11.4. The Morgan fingerprint density at radius 3 is 2.81 bits per heavy atom. The summed E-state index contributed by atoms with van der Waals surface area (Å²) >= 11 is 0. The normalized spacial score (nSPS) is 17.2. The Morgan fingerprint density at radius 1 is 1.50 bits per heavy atom. The Hall–Kier alpha value is -1.09. The van der Waals surface area contributed by atoms with Gasteiger partial charge in [0.2, 0.25) is 5.88 Å². The fraction of sp³-hybridized carbons (Fsp3) is 0.615. The number of pyridine rings is 1. The molecule has 0 radical (unpaired) electrons. The molecule has 1 unspecified atom stereocenters. The van der Waals surface area contributed by atoms with Crippen molar-refractivity contribution in [2.75, 3.05) is 7.11 Å². The molecule has 2 rings (SSSR count). The van der Waals surface area contributed by atoms with Gasteiger partial charge < -0.3 is 10.5 Å². The van der Waals surface area contributed by atoms with E-state index in [4.69, 9.17) is 10.5 Å². The van der Waals surface area contributed by atoms with Crippen molar-refractivity contribution in [3.63, 3.8) is 0 Å². The summed E-state index contributed by atoms with van der Waals surface area (Å²) in [4.78, 5) is 4.54. The first-order valence-corrected chi connectivity index (χ1v) is 6.04. The molecule has 3 nitrogen and oxygen atoms in total. The molecule has 1 heterocycles. The van der Waals surface area contributed by atoms with Gasteiger partial charge in [0.1, 0.15) is 0 Å². The van der Waals surface area contributed by atoms with Gasteiger partial charge in [-0.1, -0.05) is 13.0 Å². The van der Waals surface area contributed by atoms with Crippen LogP contribution in [0.3, 0.4) is 0 Å². The van der Waals surface area contributed by atoms with Crippen LogP contribution in [0.4, 0.5) is 0 Å². The van der Waals surface area contributed by atoms with Gasteiger partial charge in [-0.15, -0.1) is 0 Å². The number of aromatic nitrogens is 1. The number of hydrogen-bond acceptors (Lipinski definition) is 3. The highest BCUT2D eigenvalue weighted by Gasteiger charge is 2.27.